The van der Waals surface area contributed by atoms with Gasteiger partial charge in [0.25, 0.3) is 5.91 Å². The van der Waals surface area contributed by atoms with E-state index in [9.17, 15) is 9.59 Å². The monoisotopic (exact) mass is 351 g/mol. The summed E-state index contributed by atoms with van der Waals surface area (Å²) in [7, 11) is 0. The lowest BCUT2D eigenvalue weighted by atomic mass is 10.0. The molecule has 0 atom stereocenters. The maximum Gasteiger partial charge on any atom is 0.255 e. The van der Waals surface area contributed by atoms with Gasteiger partial charge in [-0.3, -0.25) is 14.6 Å². The van der Waals surface area contributed by atoms with Crippen LogP contribution in [-0.4, -0.2) is 52.8 Å². The van der Waals surface area contributed by atoms with Crippen molar-refractivity contribution in [1.29, 1.82) is 0 Å². The highest BCUT2D eigenvalue weighted by Crippen LogP contribution is 2.14. The molecule has 0 bridgehead atoms. The molecule has 1 aromatic carbocycles. The molecule has 1 fully saturated rings. The molecule has 3 rings (SSSR count). The highest BCUT2D eigenvalue weighted by molar-refractivity contribution is 5.94. The van der Waals surface area contributed by atoms with Crippen molar-refractivity contribution < 1.29 is 9.59 Å². The Kier molecular flexibility index (Phi) is 5.66. The van der Waals surface area contributed by atoms with Gasteiger partial charge in [0, 0.05) is 38.6 Å². The van der Waals surface area contributed by atoms with E-state index in [4.69, 9.17) is 0 Å². The maximum absolute atomic E-state index is 12.7. The molecule has 1 aromatic heterocycles. The Hall–Kier alpha value is -2.69. The predicted molar refractivity (Wildman–Crippen MR) is 101 cm³/mol. The molecule has 5 heteroatoms. The van der Waals surface area contributed by atoms with Gasteiger partial charge in [-0.2, -0.15) is 0 Å². The normalized spacial score (nSPS) is 14.8. The van der Waals surface area contributed by atoms with Crippen LogP contribution in [0.5, 0.6) is 0 Å². The fourth-order valence-corrected chi connectivity index (χ4v) is 3.36. The number of aryl methyl sites for hydroxylation is 2. The second kappa shape index (κ2) is 8.13. The van der Waals surface area contributed by atoms with Crippen LogP contribution < -0.4 is 0 Å². The number of pyridine rings is 1. The van der Waals surface area contributed by atoms with Crippen LogP contribution in [0, 0.1) is 13.8 Å². The number of hydrogen-bond acceptors (Lipinski definition) is 3. The van der Waals surface area contributed by atoms with Gasteiger partial charge in [0.15, 0.2) is 0 Å². The number of rotatable bonds is 3. The van der Waals surface area contributed by atoms with Gasteiger partial charge in [-0.1, -0.05) is 23.8 Å². The zero-order chi connectivity index (χ0) is 18.5. The highest BCUT2D eigenvalue weighted by atomic mass is 16.2. The fraction of sp³-hybridized carbons (Fsp3) is 0.381. The number of carbonyl (C=O) groups excluding carboxylic acids is 2. The van der Waals surface area contributed by atoms with E-state index in [1.807, 2.05) is 28.9 Å². The van der Waals surface area contributed by atoms with E-state index in [1.165, 1.54) is 5.56 Å². The van der Waals surface area contributed by atoms with E-state index >= 15 is 0 Å². The molecule has 0 spiro atoms. The van der Waals surface area contributed by atoms with Crippen molar-refractivity contribution in [3.05, 3.63) is 65.0 Å². The zero-order valence-electron chi connectivity index (χ0n) is 15.4. The minimum atomic E-state index is -0.0122. The second-order valence-electron chi connectivity index (χ2n) is 6.87. The van der Waals surface area contributed by atoms with Crippen LogP contribution in [0.3, 0.4) is 0 Å². The Balaban J connectivity index is 1.61. The van der Waals surface area contributed by atoms with E-state index in [0.717, 1.165) is 17.5 Å². The van der Waals surface area contributed by atoms with Crippen molar-refractivity contribution in [2.24, 2.45) is 0 Å². The minimum absolute atomic E-state index is 0.0122. The maximum atomic E-state index is 12.7. The Morgan fingerprint density at radius 3 is 2.54 bits per heavy atom. The number of amides is 2. The summed E-state index contributed by atoms with van der Waals surface area (Å²) in [6.45, 7) is 6.61. The van der Waals surface area contributed by atoms with E-state index in [0.29, 0.717) is 38.2 Å². The van der Waals surface area contributed by atoms with Gasteiger partial charge in [0.05, 0.1) is 12.0 Å². The lowest BCUT2D eigenvalue weighted by Crippen LogP contribution is -2.38. The summed E-state index contributed by atoms with van der Waals surface area (Å²) in [5.41, 5.74) is 4.04. The fourth-order valence-electron chi connectivity index (χ4n) is 3.36. The molecule has 1 aliphatic heterocycles. The Morgan fingerprint density at radius 2 is 1.81 bits per heavy atom. The van der Waals surface area contributed by atoms with Gasteiger partial charge in [0.1, 0.15) is 0 Å². The topological polar surface area (TPSA) is 53.5 Å². The van der Waals surface area contributed by atoms with Crippen molar-refractivity contribution in [3.8, 4) is 0 Å². The third kappa shape index (κ3) is 4.28. The third-order valence-electron chi connectivity index (χ3n) is 4.88. The molecule has 1 aliphatic rings. The average molecular weight is 351 g/mol. The summed E-state index contributed by atoms with van der Waals surface area (Å²) in [5.74, 6) is 0.120. The van der Waals surface area contributed by atoms with Gasteiger partial charge >= 0.3 is 0 Å². The number of benzene rings is 1. The van der Waals surface area contributed by atoms with Crippen molar-refractivity contribution in [1.82, 2.24) is 14.8 Å². The number of aromatic nitrogens is 1. The smallest absolute Gasteiger partial charge is 0.255 e. The summed E-state index contributed by atoms with van der Waals surface area (Å²) in [5, 5.41) is 0. The SMILES string of the molecule is Cc1ccc(CC(=O)N2CCCN(C(=O)c3cccnc3)CC2)c(C)c1. The molecule has 2 aromatic rings. The Labute approximate surface area is 154 Å². The molecule has 2 amide bonds. The summed E-state index contributed by atoms with van der Waals surface area (Å²) in [6, 6.07) is 9.75. The lowest BCUT2D eigenvalue weighted by Gasteiger charge is -2.22. The minimum Gasteiger partial charge on any atom is -0.341 e. The first kappa shape index (κ1) is 18.1. The average Bonchev–Trinajstić information content (AvgIpc) is 2.90. The molecule has 5 nitrogen and oxygen atoms in total. The molecule has 136 valence electrons. The lowest BCUT2D eigenvalue weighted by molar-refractivity contribution is -0.130. The Bertz CT molecular complexity index is 789. The van der Waals surface area contributed by atoms with Crippen LogP contribution in [0.1, 0.15) is 33.5 Å². The first-order chi connectivity index (χ1) is 12.5. The van der Waals surface area contributed by atoms with Crippen molar-refractivity contribution in [2.45, 2.75) is 26.7 Å². The molecule has 0 radical (unpaired) electrons. The van der Waals surface area contributed by atoms with Gasteiger partial charge in [-0.25, -0.2) is 0 Å². The summed E-state index contributed by atoms with van der Waals surface area (Å²) >= 11 is 0. The largest absolute Gasteiger partial charge is 0.341 e. The molecular weight excluding hydrogens is 326 g/mol. The molecule has 2 heterocycles. The summed E-state index contributed by atoms with van der Waals surface area (Å²) in [6.07, 6.45) is 4.47. The van der Waals surface area contributed by atoms with E-state index in [2.05, 4.69) is 18.0 Å². The van der Waals surface area contributed by atoms with E-state index < -0.39 is 0 Å². The van der Waals surface area contributed by atoms with Gasteiger partial charge in [-0.05, 0) is 43.5 Å². The van der Waals surface area contributed by atoms with Gasteiger partial charge in [-0.15, -0.1) is 0 Å². The molecule has 0 saturated carbocycles. The third-order valence-corrected chi connectivity index (χ3v) is 4.88. The molecule has 1 saturated heterocycles. The van der Waals surface area contributed by atoms with E-state index in [1.54, 1.807) is 24.5 Å². The number of nitrogens with zero attached hydrogens (tertiary/aromatic N) is 3. The molecule has 26 heavy (non-hydrogen) atoms. The number of hydrogen-bond donors (Lipinski definition) is 0. The van der Waals surface area contributed by atoms with Crippen molar-refractivity contribution >= 4 is 11.8 Å². The van der Waals surface area contributed by atoms with Crippen molar-refractivity contribution in [2.75, 3.05) is 26.2 Å². The summed E-state index contributed by atoms with van der Waals surface area (Å²) < 4.78 is 0. The van der Waals surface area contributed by atoms with Crippen LogP contribution in [0.15, 0.2) is 42.7 Å². The second-order valence-corrected chi connectivity index (χ2v) is 6.87. The Morgan fingerprint density at radius 1 is 1.04 bits per heavy atom. The van der Waals surface area contributed by atoms with Gasteiger partial charge in [0.2, 0.25) is 5.91 Å². The summed E-state index contributed by atoms with van der Waals surface area (Å²) in [4.78, 5) is 33.0. The van der Waals surface area contributed by atoms with E-state index in [-0.39, 0.29) is 11.8 Å². The van der Waals surface area contributed by atoms with Gasteiger partial charge < -0.3 is 9.80 Å². The van der Waals surface area contributed by atoms with Crippen LogP contribution >= 0.6 is 0 Å². The predicted octanol–water partition coefficient (Wildman–Crippen LogP) is 2.62. The molecule has 0 N–H and O–H groups in total. The standard InChI is InChI=1S/C21H25N3O2/c1-16-6-7-18(17(2)13-16)14-20(25)23-9-4-10-24(12-11-23)21(26)19-5-3-8-22-15-19/h3,5-8,13,15H,4,9-12,14H2,1-2H3. The molecular formula is C21H25N3O2. The molecule has 0 aliphatic carbocycles. The highest BCUT2D eigenvalue weighted by Gasteiger charge is 2.23. The first-order valence-corrected chi connectivity index (χ1v) is 9.08. The van der Waals surface area contributed by atoms with Crippen LogP contribution in [0.2, 0.25) is 0 Å². The molecule has 0 unspecified atom stereocenters. The van der Waals surface area contributed by atoms with Crippen LogP contribution in [0.25, 0.3) is 0 Å². The van der Waals surface area contributed by atoms with Crippen molar-refractivity contribution in [3.63, 3.8) is 0 Å². The van der Waals surface area contributed by atoms with Crippen LogP contribution in [0.4, 0.5) is 0 Å². The quantitative estimate of drug-likeness (QED) is 0.854. The zero-order valence-corrected chi connectivity index (χ0v) is 15.4. The van der Waals surface area contributed by atoms with Crippen LogP contribution in [-0.2, 0) is 11.2 Å². The number of carbonyl (C=O) groups is 2. The first-order valence-electron chi connectivity index (χ1n) is 9.08.